The molecule has 0 aromatic heterocycles. The molecule has 0 amide bonds. The molecule has 0 spiro atoms. The predicted molar refractivity (Wildman–Crippen MR) is 98.5 cm³/mol. The normalized spacial score (nSPS) is 17.4. The van der Waals surface area contributed by atoms with Gasteiger partial charge in [0.05, 0.1) is 19.3 Å². The maximum Gasteiger partial charge on any atom is 0.124 e. The molecule has 0 unspecified atom stereocenters. The number of rotatable bonds is 5. The van der Waals surface area contributed by atoms with Gasteiger partial charge in [0.25, 0.3) is 0 Å². The van der Waals surface area contributed by atoms with Gasteiger partial charge in [-0.25, -0.2) is 0 Å². The van der Waals surface area contributed by atoms with E-state index in [4.69, 9.17) is 4.74 Å². The molecule has 1 aliphatic heterocycles. The van der Waals surface area contributed by atoms with Gasteiger partial charge in [0.1, 0.15) is 5.75 Å². The Hall–Kier alpha value is -1.88. The highest BCUT2D eigenvalue weighted by atomic mass is 16.5. The number of aryl methyl sites for hydroxylation is 1. The topological polar surface area (TPSA) is 52.9 Å². The summed E-state index contributed by atoms with van der Waals surface area (Å²) in [6.07, 6.45) is 1.47. The van der Waals surface area contributed by atoms with E-state index in [1.54, 1.807) is 7.11 Å². The van der Waals surface area contributed by atoms with Gasteiger partial charge >= 0.3 is 0 Å². The van der Waals surface area contributed by atoms with E-state index in [0.717, 1.165) is 54.9 Å². The minimum absolute atomic E-state index is 0.0236. The Balaban J connectivity index is 1.63. The van der Waals surface area contributed by atoms with E-state index in [9.17, 15) is 10.2 Å². The summed E-state index contributed by atoms with van der Waals surface area (Å²) in [5.74, 6) is 0.721. The van der Waals surface area contributed by atoms with Crippen LogP contribution in [-0.4, -0.2) is 35.3 Å². The molecule has 0 bridgehead atoms. The van der Waals surface area contributed by atoms with Gasteiger partial charge in [0, 0.05) is 25.2 Å². The third-order valence-corrected chi connectivity index (χ3v) is 5.19. The van der Waals surface area contributed by atoms with Crippen LogP contribution in [0.5, 0.6) is 5.75 Å². The summed E-state index contributed by atoms with van der Waals surface area (Å²) in [6, 6.07) is 14.2. The molecule has 2 aromatic carbocycles. The van der Waals surface area contributed by atoms with Crippen LogP contribution in [0.3, 0.4) is 0 Å². The summed E-state index contributed by atoms with van der Waals surface area (Å²) >= 11 is 0. The van der Waals surface area contributed by atoms with Gasteiger partial charge in [0.2, 0.25) is 0 Å². The summed E-state index contributed by atoms with van der Waals surface area (Å²) in [7, 11) is 1.62. The number of likely N-dealkylation sites (tertiary alicyclic amines) is 1. The molecule has 2 aromatic rings. The van der Waals surface area contributed by atoms with E-state index in [1.807, 2.05) is 30.3 Å². The second kappa shape index (κ2) is 7.56. The number of nitrogens with zero attached hydrogens (tertiary/aromatic N) is 1. The van der Waals surface area contributed by atoms with Gasteiger partial charge in [-0.2, -0.15) is 0 Å². The zero-order valence-electron chi connectivity index (χ0n) is 15.0. The Morgan fingerprint density at radius 1 is 1.08 bits per heavy atom. The minimum Gasteiger partial charge on any atom is -0.496 e. The Bertz CT molecular complexity index is 704. The lowest BCUT2D eigenvalue weighted by molar-refractivity contribution is -0.0277. The number of piperidine rings is 1. The Kier molecular flexibility index (Phi) is 5.42. The molecule has 25 heavy (non-hydrogen) atoms. The highest BCUT2D eigenvalue weighted by Crippen LogP contribution is 2.33. The van der Waals surface area contributed by atoms with Crippen LogP contribution in [0.25, 0.3) is 0 Å². The molecular formula is C21H27NO3. The molecule has 134 valence electrons. The molecule has 3 rings (SSSR count). The number of aliphatic hydroxyl groups excluding tert-OH is 1. The van der Waals surface area contributed by atoms with E-state index in [-0.39, 0.29) is 6.61 Å². The molecule has 0 radical (unpaired) electrons. The van der Waals surface area contributed by atoms with Gasteiger partial charge < -0.3 is 14.9 Å². The zero-order valence-corrected chi connectivity index (χ0v) is 15.0. The quantitative estimate of drug-likeness (QED) is 0.878. The standard InChI is InChI=1S/C21H27NO3/c1-16-3-6-19(7-4-16)21(24)9-11-22(12-10-21)14-17-5-8-20(25-2)18(13-17)15-23/h3-8,13,23-24H,9-12,14-15H2,1-2H3. The van der Waals surface area contributed by atoms with Crippen molar-refractivity contribution in [3.05, 3.63) is 64.7 Å². The van der Waals surface area contributed by atoms with Crippen LogP contribution in [0.15, 0.2) is 42.5 Å². The molecule has 2 N–H and O–H groups in total. The first-order chi connectivity index (χ1) is 12.0. The van der Waals surface area contributed by atoms with Crippen molar-refractivity contribution >= 4 is 0 Å². The highest BCUT2D eigenvalue weighted by Gasteiger charge is 2.33. The molecule has 1 aliphatic rings. The van der Waals surface area contributed by atoms with Gasteiger partial charge in [-0.05, 0) is 43.0 Å². The highest BCUT2D eigenvalue weighted by molar-refractivity contribution is 5.37. The fourth-order valence-corrected chi connectivity index (χ4v) is 3.55. The van der Waals surface area contributed by atoms with Crippen molar-refractivity contribution < 1.29 is 14.9 Å². The summed E-state index contributed by atoms with van der Waals surface area (Å²) in [5, 5.41) is 20.5. The lowest BCUT2D eigenvalue weighted by Gasteiger charge is -2.38. The molecule has 4 nitrogen and oxygen atoms in total. The van der Waals surface area contributed by atoms with Crippen molar-refractivity contribution in [1.29, 1.82) is 0 Å². The molecule has 0 atom stereocenters. The van der Waals surface area contributed by atoms with Crippen LogP contribution in [0.2, 0.25) is 0 Å². The smallest absolute Gasteiger partial charge is 0.124 e. The second-order valence-corrected chi connectivity index (χ2v) is 6.98. The number of benzene rings is 2. The summed E-state index contributed by atoms with van der Waals surface area (Å²) < 4.78 is 5.26. The third-order valence-electron chi connectivity index (χ3n) is 5.19. The van der Waals surface area contributed by atoms with Crippen LogP contribution < -0.4 is 4.74 Å². The number of methoxy groups -OCH3 is 1. The van der Waals surface area contributed by atoms with Crippen molar-refractivity contribution in [2.24, 2.45) is 0 Å². The predicted octanol–water partition coefficient (Wildman–Crippen LogP) is 2.98. The van der Waals surface area contributed by atoms with Crippen LogP contribution in [0, 0.1) is 6.92 Å². The van der Waals surface area contributed by atoms with Crippen molar-refractivity contribution in [2.45, 2.75) is 38.5 Å². The lowest BCUT2D eigenvalue weighted by atomic mass is 9.84. The fraction of sp³-hybridized carbons (Fsp3) is 0.429. The molecular weight excluding hydrogens is 314 g/mol. The molecule has 0 saturated carbocycles. The van der Waals surface area contributed by atoms with Gasteiger partial charge in [-0.15, -0.1) is 0 Å². The van der Waals surface area contributed by atoms with Crippen molar-refractivity contribution in [3.63, 3.8) is 0 Å². The number of hydrogen-bond acceptors (Lipinski definition) is 4. The van der Waals surface area contributed by atoms with Gasteiger partial charge in [-0.3, -0.25) is 4.90 Å². The van der Waals surface area contributed by atoms with Crippen molar-refractivity contribution in [2.75, 3.05) is 20.2 Å². The molecule has 1 heterocycles. The number of hydrogen-bond donors (Lipinski definition) is 2. The number of aliphatic hydroxyl groups is 2. The summed E-state index contributed by atoms with van der Waals surface area (Å²) in [6.45, 7) is 4.56. The van der Waals surface area contributed by atoms with E-state index in [0.29, 0.717) is 0 Å². The average Bonchev–Trinajstić information content (AvgIpc) is 2.64. The maximum absolute atomic E-state index is 11.0. The monoisotopic (exact) mass is 341 g/mol. The van der Waals surface area contributed by atoms with Crippen LogP contribution in [-0.2, 0) is 18.8 Å². The average molecular weight is 341 g/mol. The first-order valence-electron chi connectivity index (χ1n) is 8.82. The van der Waals surface area contributed by atoms with Crippen molar-refractivity contribution in [3.8, 4) is 5.75 Å². The fourth-order valence-electron chi connectivity index (χ4n) is 3.55. The van der Waals surface area contributed by atoms with E-state index in [1.165, 1.54) is 5.56 Å². The summed E-state index contributed by atoms with van der Waals surface area (Å²) in [5.41, 5.74) is 3.48. The number of ether oxygens (including phenoxy) is 1. The molecule has 4 heteroatoms. The van der Waals surface area contributed by atoms with Gasteiger partial charge in [0.15, 0.2) is 0 Å². The van der Waals surface area contributed by atoms with Crippen molar-refractivity contribution in [1.82, 2.24) is 4.90 Å². The summed E-state index contributed by atoms with van der Waals surface area (Å²) in [4.78, 5) is 2.35. The second-order valence-electron chi connectivity index (χ2n) is 6.98. The first kappa shape index (κ1) is 17.9. The SMILES string of the molecule is COc1ccc(CN2CCC(O)(c3ccc(C)cc3)CC2)cc1CO. The van der Waals surface area contributed by atoms with Crippen LogP contribution in [0.4, 0.5) is 0 Å². The Labute approximate surface area is 149 Å². The Morgan fingerprint density at radius 3 is 2.36 bits per heavy atom. The van der Waals surface area contributed by atoms with E-state index in [2.05, 4.69) is 24.0 Å². The van der Waals surface area contributed by atoms with Gasteiger partial charge in [-0.1, -0.05) is 35.9 Å². The largest absolute Gasteiger partial charge is 0.496 e. The molecule has 1 saturated heterocycles. The van der Waals surface area contributed by atoms with E-state index < -0.39 is 5.60 Å². The molecule has 0 aliphatic carbocycles. The third kappa shape index (κ3) is 4.03. The first-order valence-corrected chi connectivity index (χ1v) is 8.82. The Morgan fingerprint density at radius 2 is 1.76 bits per heavy atom. The molecule has 1 fully saturated rings. The minimum atomic E-state index is -0.722. The lowest BCUT2D eigenvalue weighted by Crippen LogP contribution is -2.42. The van der Waals surface area contributed by atoms with E-state index >= 15 is 0 Å². The van der Waals surface area contributed by atoms with Crippen LogP contribution in [0.1, 0.15) is 35.1 Å². The van der Waals surface area contributed by atoms with Crippen LogP contribution >= 0.6 is 0 Å². The zero-order chi connectivity index (χ0) is 17.9. The maximum atomic E-state index is 11.0.